The minimum Gasteiger partial charge on any atom is -0.478 e. The van der Waals surface area contributed by atoms with Crippen molar-refractivity contribution in [3.8, 4) is 0 Å². The van der Waals surface area contributed by atoms with E-state index in [1.807, 2.05) is 0 Å². The largest absolute Gasteiger partial charge is 0.478 e. The maximum atomic E-state index is 13.3. The number of aryl methyl sites for hydroxylation is 1. The molecule has 0 heterocycles. The minimum atomic E-state index is -4.72. The van der Waals surface area contributed by atoms with Crippen molar-refractivity contribution in [2.75, 3.05) is 10.8 Å². The van der Waals surface area contributed by atoms with E-state index in [1.165, 1.54) is 54.7 Å². The number of rotatable bonds is 8. The fraction of sp³-hybridized carbons (Fsp3) is 0.125. The quantitative estimate of drug-likeness (QED) is 0.344. The van der Waals surface area contributed by atoms with E-state index in [1.54, 1.807) is 6.92 Å². The molecule has 3 rings (SSSR count). The van der Waals surface area contributed by atoms with Crippen LogP contribution in [0.5, 0.6) is 0 Å². The van der Waals surface area contributed by atoms with Gasteiger partial charge in [0, 0.05) is 0 Å². The molecule has 2 N–H and O–H groups in total. The molecule has 36 heavy (non-hydrogen) atoms. The number of anilines is 1. The van der Waals surface area contributed by atoms with E-state index in [-0.39, 0.29) is 16.1 Å². The number of hydrazone groups is 1. The summed E-state index contributed by atoms with van der Waals surface area (Å²) in [7, 11) is -4.42. The highest BCUT2D eigenvalue weighted by molar-refractivity contribution is 7.92. The second-order valence-electron chi connectivity index (χ2n) is 7.59. The number of alkyl halides is 3. The molecule has 0 fully saturated rings. The van der Waals surface area contributed by atoms with Crippen LogP contribution in [0.25, 0.3) is 0 Å². The van der Waals surface area contributed by atoms with Crippen LogP contribution in [0.1, 0.15) is 27.0 Å². The third kappa shape index (κ3) is 6.48. The molecule has 0 atom stereocenters. The molecule has 0 radical (unpaired) electrons. The van der Waals surface area contributed by atoms with E-state index in [0.29, 0.717) is 15.9 Å². The zero-order valence-electron chi connectivity index (χ0n) is 18.7. The summed E-state index contributed by atoms with van der Waals surface area (Å²) in [6, 6.07) is 14.8. The summed E-state index contributed by atoms with van der Waals surface area (Å²) in [4.78, 5) is 23.2. The number of sulfonamides is 1. The molecule has 8 nitrogen and oxygen atoms in total. The smallest absolute Gasteiger partial charge is 0.416 e. The number of aromatic carboxylic acids is 1. The summed E-state index contributed by atoms with van der Waals surface area (Å²) >= 11 is 0. The highest BCUT2D eigenvalue weighted by Crippen LogP contribution is 2.33. The molecule has 0 aromatic heterocycles. The Morgan fingerprint density at radius 2 is 1.67 bits per heavy atom. The fourth-order valence-electron chi connectivity index (χ4n) is 3.05. The van der Waals surface area contributed by atoms with Crippen LogP contribution in [0.4, 0.5) is 18.9 Å². The third-order valence-corrected chi connectivity index (χ3v) is 6.71. The summed E-state index contributed by atoms with van der Waals surface area (Å²) < 4.78 is 66.9. The average molecular weight is 520 g/mol. The zero-order chi connectivity index (χ0) is 26.5. The maximum Gasteiger partial charge on any atom is 0.416 e. The van der Waals surface area contributed by atoms with Crippen molar-refractivity contribution in [3.63, 3.8) is 0 Å². The summed E-state index contributed by atoms with van der Waals surface area (Å²) in [5, 5.41) is 12.6. The van der Waals surface area contributed by atoms with Gasteiger partial charge in [-0.25, -0.2) is 18.6 Å². The number of carbonyl (C=O) groups is 2. The normalized spacial score (nSPS) is 11.9. The number of hydrogen-bond donors (Lipinski definition) is 2. The van der Waals surface area contributed by atoms with Gasteiger partial charge in [-0.2, -0.15) is 18.3 Å². The van der Waals surface area contributed by atoms with Gasteiger partial charge in [0.05, 0.1) is 27.9 Å². The first-order valence-electron chi connectivity index (χ1n) is 10.3. The van der Waals surface area contributed by atoms with Gasteiger partial charge in [-0.3, -0.25) is 9.10 Å². The molecule has 3 aromatic rings. The number of hydrogen-bond acceptors (Lipinski definition) is 5. The van der Waals surface area contributed by atoms with Crippen LogP contribution < -0.4 is 9.73 Å². The van der Waals surface area contributed by atoms with Gasteiger partial charge in [-0.05, 0) is 55.0 Å². The van der Waals surface area contributed by atoms with Crippen molar-refractivity contribution in [3.05, 3.63) is 95.1 Å². The lowest BCUT2D eigenvalue weighted by atomic mass is 10.1. The number of carboxylic acids is 1. The predicted molar refractivity (Wildman–Crippen MR) is 126 cm³/mol. The van der Waals surface area contributed by atoms with E-state index in [4.69, 9.17) is 5.11 Å². The lowest BCUT2D eigenvalue weighted by Gasteiger charge is -2.24. The Balaban J connectivity index is 1.87. The first kappa shape index (κ1) is 26.4. The highest BCUT2D eigenvalue weighted by atomic mass is 32.2. The van der Waals surface area contributed by atoms with E-state index in [0.717, 1.165) is 23.8 Å². The average Bonchev–Trinajstić information content (AvgIpc) is 2.82. The summed E-state index contributed by atoms with van der Waals surface area (Å²) in [6.07, 6.45) is -3.52. The van der Waals surface area contributed by atoms with Crippen molar-refractivity contribution >= 4 is 33.8 Å². The van der Waals surface area contributed by atoms with Gasteiger partial charge < -0.3 is 5.11 Å². The van der Waals surface area contributed by atoms with Crippen LogP contribution >= 0.6 is 0 Å². The molecule has 0 spiro atoms. The molecule has 0 aliphatic rings. The van der Waals surface area contributed by atoms with Crippen LogP contribution in [0, 0.1) is 6.92 Å². The van der Waals surface area contributed by atoms with Gasteiger partial charge in [0.15, 0.2) is 0 Å². The maximum absolute atomic E-state index is 13.3. The van der Waals surface area contributed by atoms with Gasteiger partial charge in [0.1, 0.15) is 6.54 Å². The monoisotopic (exact) mass is 519 g/mol. The summed E-state index contributed by atoms with van der Waals surface area (Å²) in [5.74, 6) is -2.03. The topological polar surface area (TPSA) is 116 Å². The molecule has 3 aromatic carbocycles. The second-order valence-corrected chi connectivity index (χ2v) is 9.46. The third-order valence-electron chi connectivity index (χ3n) is 4.92. The van der Waals surface area contributed by atoms with Crippen LogP contribution in [0.3, 0.4) is 0 Å². The summed E-state index contributed by atoms with van der Waals surface area (Å²) in [6.45, 7) is 0.883. The number of carbonyl (C=O) groups excluding carboxylic acids is 1. The van der Waals surface area contributed by atoms with Crippen molar-refractivity contribution < 1.29 is 36.3 Å². The molecule has 0 unspecified atom stereocenters. The molecule has 0 bridgehead atoms. The van der Waals surface area contributed by atoms with Gasteiger partial charge in [0.25, 0.3) is 15.9 Å². The molecule has 12 heteroatoms. The molecule has 0 aliphatic heterocycles. The van der Waals surface area contributed by atoms with Crippen molar-refractivity contribution in [1.29, 1.82) is 0 Å². The Hall–Kier alpha value is -4.19. The van der Waals surface area contributed by atoms with Crippen molar-refractivity contribution in [2.45, 2.75) is 18.0 Å². The molecule has 0 saturated carbocycles. The van der Waals surface area contributed by atoms with Crippen molar-refractivity contribution in [2.24, 2.45) is 5.10 Å². The van der Waals surface area contributed by atoms with Crippen LogP contribution in [-0.4, -0.2) is 38.2 Å². The highest BCUT2D eigenvalue weighted by Gasteiger charge is 2.33. The van der Waals surface area contributed by atoms with Gasteiger partial charge in [-0.1, -0.05) is 35.9 Å². The Kier molecular flexibility index (Phi) is 7.78. The lowest BCUT2D eigenvalue weighted by molar-refractivity contribution is -0.137. The number of halogens is 3. The number of nitrogens with one attached hydrogen (secondary N) is 1. The first-order valence-corrected chi connectivity index (χ1v) is 11.7. The molecule has 0 aliphatic carbocycles. The predicted octanol–water partition coefficient (Wildman–Crippen LogP) is 4.06. The van der Waals surface area contributed by atoms with E-state index < -0.39 is 40.2 Å². The molecular formula is C24H20F3N3O5S. The number of nitrogens with zero attached hydrogens (tertiary/aromatic N) is 2. The standard InChI is InChI=1S/C24H20F3N3O5S/c1-16-5-11-21(12-6-16)36(34,35)30(20-4-2-3-19(13-20)24(25,26)27)15-22(31)29-28-14-17-7-9-18(10-8-17)23(32)33/h2-14H,15H2,1H3,(H,29,31)(H,32,33)/b28-14-. The number of benzene rings is 3. The number of carboxylic acid groups (broad SMARTS) is 1. The Bertz CT molecular complexity index is 1390. The first-order chi connectivity index (χ1) is 16.9. The van der Waals surface area contributed by atoms with E-state index in [9.17, 15) is 31.2 Å². The van der Waals surface area contributed by atoms with Crippen LogP contribution in [0.2, 0.25) is 0 Å². The van der Waals surface area contributed by atoms with Gasteiger partial charge in [0.2, 0.25) is 0 Å². The minimum absolute atomic E-state index is 0.0502. The molecule has 0 saturated heterocycles. The Morgan fingerprint density at radius 3 is 2.25 bits per heavy atom. The fourth-order valence-corrected chi connectivity index (χ4v) is 4.46. The van der Waals surface area contributed by atoms with Crippen LogP contribution in [0.15, 0.2) is 82.8 Å². The summed E-state index contributed by atoms with van der Waals surface area (Å²) in [5.41, 5.74) is 1.97. The SMILES string of the molecule is Cc1ccc(S(=O)(=O)N(CC(=O)N/N=C\c2ccc(C(=O)O)cc2)c2cccc(C(F)(F)F)c2)cc1. The molecule has 1 amide bonds. The van der Waals surface area contributed by atoms with Crippen molar-refractivity contribution in [1.82, 2.24) is 5.43 Å². The molecular weight excluding hydrogens is 499 g/mol. The second kappa shape index (κ2) is 10.6. The van der Waals surface area contributed by atoms with Crippen LogP contribution in [-0.2, 0) is 21.0 Å². The Morgan fingerprint density at radius 1 is 1.03 bits per heavy atom. The molecule has 188 valence electrons. The van der Waals surface area contributed by atoms with Gasteiger partial charge >= 0.3 is 12.1 Å². The number of amides is 1. The van der Waals surface area contributed by atoms with E-state index in [2.05, 4.69) is 10.5 Å². The lowest BCUT2D eigenvalue weighted by Crippen LogP contribution is -2.39. The van der Waals surface area contributed by atoms with Gasteiger partial charge in [-0.15, -0.1) is 0 Å². The zero-order valence-corrected chi connectivity index (χ0v) is 19.5. The Labute approximate surface area is 204 Å². The van der Waals surface area contributed by atoms with E-state index >= 15 is 0 Å².